The molecule has 4 nitrogen and oxygen atoms in total. The van der Waals surface area contributed by atoms with Crippen molar-refractivity contribution in [3.63, 3.8) is 0 Å². The number of ether oxygens (including phenoxy) is 1. The first kappa shape index (κ1) is 16.0. The van der Waals surface area contributed by atoms with Crippen molar-refractivity contribution in [3.05, 3.63) is 53.2 Å². The average molecular weight is 298 g/mol. The number of aryl methyl sites for hydroxylation is 2. The zero-order chi connectivity index (χ0) is 16.1. The van der Waals surface area contributed by atoms with Gasteiger partial charge in [-0.05, 0) is 54.7 Å². The van der Waals surface area contributed by atoms with Gasteiger partial charge in [-0.3, -0.25) is 4.79 Å². The number of hydrogen-bond acceptors (Lipinski definition) is 3. The maximum atomic E-state index is 12.0. The number of anilines is 1. The molecule has 0 aliphatic heterocycles. The zero-order valence-corrected chi connectivity index (χ0v) is 13.5. The van der Waals surface area contributed by atoms with Crippen molar-refractivity contribution in [1.29, 1.82) is 0 Å². The first-order valence-electron chi connectivity index (χ1n) is 7.41. The number of carbonyl (C=O) groups is 1. The third kappa shape index (κ3) is 4.32. The van der Waals surface area contributed by atoms with Gasteiger partial charge in [0.2, 0.25) is 0 Å². The van der Waals surface area contributed by atoms with E-state index in [1.54, 1.807) is 6.20 Å². The van der Waals surface area contributed by atoms with Crippen molar-refractivity contribution >= 4 is 11.7 Å². The van der Waals surface area contributed by atoms with Gasteiger partial charge in [-0.15, -0.1) is 0 Å². The highest BCUT2D eigenvalue weighted by molar-refractivity contribution is 5.91. The lowest BCUT2D eigenvalue weighted by molar-refractivity contribution is -0.118. The van der Waals surface area contributed by atoms with Crippen molar-refractivity contribution < 1.29 is 9.53 Å². The lowest BCUT2D eigenvalue weighted by atomic mass is 10.0. The normalized spacial score (nSPS) is 10.6. The number of carbonyl (C=O) groups excluding carboxylic acids is 1. The fraction of sp³-hybridized carbons (Fsp3) is 0.333. The molecular weight excluding hydrogens is 276 g/mol. The molecule has 0 aliphatic rings. The van der Waals surface area contributed by atoms with E-state index in [2.05, 4.69) is 36.3 Å². The van der Waals surface area contributed by atoms with Crippen LogP contribution in [0.15, 0.2) is 36.5 Å². The summed E-state index contributed by atoms with van der Waals surface area (Å²) in [4.78, 5) is 16.1. The zero-order valence-electron chi connectivity index (χ0n) is 13.5. The Labute approximate surface area is 131 Å². The maximum absolute atomic E-state index is 12.0. The van der Waals surface area contributed by atoms with Gasteiger partial charge in [0, 0.05) is 6.20 Å². The Balaban J connectivity index is 2.01. The Morgan fingerprint density at radius 2 is 1.91 bits per heavy atom. The van der Waals surface area contributed by atoms with E-state index in [4.69, 9.17) is 4.74 Å². The van der Waals surface area contributed by atoms with Crippen LogP contribution in [0.4, 0.5) is 5.82 Å². The van der Waals surface area contributed by atoms with Crippen LogP contribution in [0, 0.1) is 13.8 Å². The van der Waals surface area contributed by atoms with E-state index in [1.165, 1.54) is 0 Å². The van der Waals surface area contributed by atoms with Crippen molar-refractivity contribution in [1.82, 2.24) is 4.98 Å². The summed E-state index contributed by atoms with van der Waals surface area (Å²) < 4.78 is 5.70. The molecule has 1 amide bonds. The Hall–Kier alpha value is -2.36. The van der Waals surface area contributed by atoms with Gasteiger partial charge in [-0.25, -0.2) is 4.98 Å². The van der Waals surface area contributed by atoms with E-state index in [0.717, 1.165) is 22.4 Å². The minimum atomic E-state index is -0.214. The fourth-order valence-corrected chi connectivity index (χ4v) is 2.17. The summed E-state index contributed by atoms with van der Waals surface area (Å²) in [7, 11) is 0. The van der Waals surface area contributed by atoms with E-state index in [-0.39, 0.29) is 12.5 Å². The summed E-state index contributed by atoms with van der Waals surface area (Å²) >= 11 is 0. The fourth-order valence-electron chi connectivity index (χ4n) is 2.17. The molecule has 116 valence electrons. The Kier molecular flexibility index (Phi) is 5.15. The molecule has 0 atom stereocenters. The van der Waals surface area contributed by atoms with Crippen LogP contribution in [-0.2, 0) is 4.79 Å². The summed E-state index contributed by atoms with van der Waals surface area (Å²) in [5, 5.41) is 2.74. The van der Waals surface area contributed by atoms with Gasteiger partial charge in [0.25, 0.3) is 5.91 Å². The molecule has 0 radical (unpaired) electrons. The molecule has 0 bridgehead atoms. The van der Waals surface area contributed by atoms with Crippen LogP contribution in [-0.4, -0.2) is 17.5 Å². The standard InChI is InChI=1S/C18H22N2O2/c1-12(2)15-6-5-13(3)9-16(15)22-11-18(21)20-17-10-14(4)7-8-19-17/h5-10,12H,11H2,1-4H3,(H,19,20,21). The minimum absolute atomic E-state index is 0.0290. The third-order valence-corrected chi connectivity index (χ3v) is 3.33. The largest absolute Gasteiger partial charge is 0.483 e. The molecule has 1 aromatic carbocycles. The van der Waals surface area contributed by atoms with Gasteiger partial charge < -0.3 is 10.1 Å². The van der Waals surface area contributed by atoms with Gasteiger partial charge >= 0.3 is 0 Å². The molecule has 0 spiro atoms. The third-order valence-electron chi connectivity index (χ3n) is 3.33. The first-order chi connectivity index (χ1) is 10.5. The summed E-state index contributed by atoms with van der Waals surface area (Å²) in [6, 6.07) is 9.78. The second kappa shape index (κ2) is 7.07. The minimum Gasteiger partial charge on any atom is -0.483 e. The highest BCUT2D eigenvalue weighted by Gasteiger charge is 2.10. The quantitative estimate of drug-likeness (QED) is 0.912. The number of nitrogens with zero attached hydrogens (tertiary/aromatic N) is 1. The molecule has 0 aliphatic carbocycles. The van der Waals surface area contributed by atoms with Gasteiger partial charge in [0.05, 0.1) is 0 Å². The maximum Gasteiger partial charge on any atom is 0.263 e. The number of nitrogens with one attached hydrogen (secondary N) is 1. The molecule has 0 fully saturated rings. The van der Waals surface area contributed by atoms with Crippen LogP contribution in [0.1, 0.15) is 36.5 Å². The summed E-state index contributed by atoms with van der Waals surface area (Å²) in [5.74, 6) is 1.44. The molecule has 2 rings (SSSR count). The molecule has 0 saturated carbocycles. The molecule has 0 saturated heterocycles. The van der Waals surface area contributed by atoms with Crippen LogP contribution < -0.4 is 10.1 Å². The summed E-state index contributed by atoms with van der Waals surface area (Å²) in [6.07, 6.45) is 1.67. The average Bonchev–Trinajstić information content (AvgIpc) is 2.45. The number of aromatic nitrogens is 1. The Morgan fingerprint density at radius 1 is 1.18 bits per heavy atom. The molecule has 22 heavy (non-hydrogen) atoms. The molecule has 4 heteroatoms. The van der Waals surface area contributed by atoms with E-state index in [1.807, 2.05) is 32.0 Å². The van der Waals surface area contributed by atoms with Crippen LogP contribution in [0.5, 0.6) is 5.75 Å². The highest BCUT2D eigenvalue weighted by atomic mass is 16.5. The molecule has 0 unspecified atom stereocenters. The molecule has 1 N–H and O–H groups in total. The van der Waals surface area contributed by atoms with Crippen LogP contribution >= 0.6 is 0 Å². The predicted molar refractivity (Wildman–Crippen MR) is 88.4 cm³/mol. The molecule has 1 aromatic heterocycles. The smallest absolute Gasteiger partial charge is 0.263 e. The van der Waals surface area contributed by atoms with Crippen molar-refractivity contribution in [2.24, 2.45) is 0 Å². The second-order valence-corrected chi connectivity index (χ2v) is 5.75. The number of pyridine rings is 1. The van der Waals surface area contributed by atoms with E-state index in [0.29, 0.717) is 11.7 Å². The van der Waals surface area contributed by atoms with Gasteiger partial charge in [0.15, 0.2) is 6.61 Å². The van der Waals surface area contributed by atoms with Crippen LogP contribution in [0.2, 0.25) is 0 Å². The van der Waals surface area contributed by atoms with Crippen LogP contribution in [0.3, 0.4) is 0 Å². The number of benzene rings is 1. The lowest BCUT2D eigenvalue weighted by Gasteiger charge is -2.14. The molecule has 2 aromatic rings. The highest BCUT2D eigenvalue weighted by Crippen LogP contribution is 2.27. The molecule has 1 heterocycles. The lowest BCUT2D eigenvalue weighted by Crippen LogP contribution is -2.21. The first-order valence-corrected chi connectivity index (χ1v) is 7.41. The predicted octanol–water partition coefficient (Wildman–Crippen LogP) is 3.84. The number of amides is 1. The number of hydrogen-bond donors (Lipinski definition) is 1. The molecular formula is C18H22N2O2. The van der Waals surface area contributed by atoms with Crippen LogP contribution in [0.25, 0.3) is 0 Å². The van der Waals surface area contributed by atoms with E-state index in [9.17, 15) is 4.79 Å². The van der Waals surface area contributed by atoms with Crippen molar-refractivity contribution in [3.8, 4) is 5.75 Å². The SMILES string of the molecule is Cc1ccnc(NC(=O)COc2cc(C)ccc2C(C)C)c1. The van der Waals surface area contributed by atoms with Crippen molar-refractivity contribution in [2.45, 2.75) is 33.6 Å². The second-order valence-electron chi connectivity index (χ2n) is 5.75. The number of rotatable bonds is 5. The van der Waals surface area contributed by atoms with Gasteiger partial charge in [-0.1, -0.05) is 26.0 Å². The monoisotopic (exact) mass is 298 g/mol. The van der Waals surface area contributed by atoms with E-state index >= 15 is 0 Å². The van der Waals surface area contributed by atoms with Gasteiger partial charge in [0.1, 0.15) is 11.6 Å². The Morgan fingerprint density at radius 3 is 2.59 bits per heavy atom. The van der Waals surface area contributed by atoms with E-state index < -0.39 is 0 Å². The summed E-state index contributed by atoms with van der Waals surface area (Å²) in [6.45, 7) is 8.14. The van der Waals surface area contributed by atoms with Crippen molar-refractivity contribution in [2.75, 3.05) is 11.9 Å². The van der Waals surface area contributed by atoms with Gasteiger partial charge in [-0.2, -0.15) is 0 Å². The Bertz CT molecular complexity index is 666. The summed E-state index contributed by atoms with van der Waals surface area (Å²) in [5.41, 5.74) is 3.26. The topological polar surface area (TPSA) is 51.2 Å².